The van der Waals surface area contributed by atoms with Crippen molar-refractivity contribution in [1.82, 2.24) is 9.55 Å². The Labute approximate surface area is 166 Å². The molecule has 4 atom stereocenters. The first kappa shape index (κ1) is 21.0. The Morgan fingerprint density at radius 2 is 2.03 bits per heavy atom. The molecule has 0 spiro atoms. The van der Waals surface area contributed by atoms with Gasteiger partial charge in [0.1, 0.15) is 11.7 Å². The van der Waals surface area contributed by atoms with Crippen molar-refractivity contribution < 1.29 is 24.1 Å². The molecule has 156 valence electrons. The van der Waals surface area contributed by atoms with Gasteiger partial charge in [0.2, 0.25) is 0 Å². The van der Waals surface area contributed by atoms with Gasteiger partial charge >= 0.3 is 11.7 Å². The third kappa shape index (κ3) is 4.02. The van der Waals surface area contributed by atoms with Crippen LogP contribution in [0, 0.1) is 6.92 Å². The number of ether oxygens (including phenoxy) is 3. The van der Waals surface area contributed by atoms with Crippen molar-refractivity contribution in [3.8, 4) is 0 Å². The highest BCUT2D eigenvalue weighted by molar-refractivity contribution is 5.89. The fraction of sp³-hybridized carbons (Fsp3) is 0.450. The second-order valence-corrected chi connectivity index (χ2v) is 7.22. The Hall–Kier alpha value is -2.75. The van der Waals surface area contributed by atoms with Gasteiger partial charge in [0.15, 0.2) is 6.10 Å². The number of aromatic nitrogens is 2. The van der Waals surface area contributed by atoms with Crippen LogP contribution in [0.2, 0.25) is 0 Å². The third-order valence-electron chi connectivity index (χ3n) is 5.20. The molecule has 4 unspecified atom stereocenters. The predicted molar refractivity (Wildman–Crippen MR) is 103 cm³/mol. The average Bonchev–Trinajstić information content (AvgIpc) is 2.72. The van der Waals surface area contributed by atoms with E-state index in [-0.39, 0.29) is 6.61 Å². The highest BCUT2D eigenvalue weighted by atomic mass is 16.6. The zero-order valence-corrected chi connectivity index (χ0v) is 16.5. The number of carbonyl (C=O) groups excluding carboxylic acids is 1. The number of nitrogens with one attached hydrogen (secondary N) is 1. The van der Waals surface area contributed by atoms with Crippen molar-refractivity contribution in [2.24, 2.45) is 0 Å². The van der Waals surface area contributed by atoms with Crippen LogP contribution >= 0.6 is 0 Å². The van der Waals surface area contributed by atoms with Crippen LogP contribution in [0.4, 0.5) is 0 Å². The maximum Gasteiger partial charge on any atom is 0.338 e. The molecule has 2 heterocycles. The van der Waals surface area contributed by atoms with Crippen molar-refractivity contribution in [2.45, 2.75) is 37.7 Å². The summed E-state index contributed by atoms with van der Waals surface area (Å²) in [5.74, 6) is -0.605. The number of hydrogen-bond acceptors (Lipinski definition) is 7. The SMILES string of the molecule is COC1C(n2cc(C)c(=O)[nH]c2=O)COC(C)(CO)C1OC(=O)c1ccccc1. The number of aliphatic hydroxyl groups is 1. The molecular formula is C20H24N2O7. The van der Waals surface area contributed by atoms with Crippen molar-refractivity contribution in [3.63, 3.8) is 0 Å². The maximum absolute atomic E-state index is 12.7. The number of nitrogens with zero attached hydrogens (tertiary/aromatic N) is 1. The van der Waals surface area contributed by atoms with E-state index in [4.69, 9.17) is 14.2 Å². The molecule has 1 aromatic carbocycles. The van der Waals surface area contributed by atoms with Gasteiger partial charge in [0, 0.05) is 18.9 Å². The lowest BCUT2D eigenvalue weighted by Gasteiger charge is -2.47. The first-order valence-electron chi connectivity index (χ1n) is 9.16. The van der Waals surface area contributed by atoms with Gasteiger partial charge in [-0.1, -0.05) is 18.2 Å². The second-order valence-electron chi connectivity index (χ2n) is 7.22. The van der Waals surface area contributed by atoms with Crippen LogP contribution < -0.4 is 11.2 Å². The van der Waals surface area contributed by atoms with Gasteiger partial charge in [0.25, 0.3) is 5.56 Å². The minimum Gasteiger partial charge on any atom is -0.453 e. The molecule has 1 aliphatic rings. The Morgan fingerprint density at radius 1 is 1.34 bits per heavy atom. The quantitative estimate of drug-likeness (QED) is 0.693. The smallest absolute Gasteiger partial charge is 0.338 e. The maximum atomic E-state index is 12.7. The van der Waals surface area contributed by atoms with E-state index in [0.29, 0.717) is 11.1 Å². The first-order chi connectivity index (χ1) is 13.8. The summed E-state index contributed by atoms with van der Waals surface area (Å²) in [4.78, 5) is 39.0. The summed E-state index contributed by atoms with van der Waals surface area (Å²) in [5.41, 5.74) is -1.67. The number of aliphatic hydroxyl groups excluding tert-OH is 1. The molecule has 1 aromatic heterocycles. The lowest BCUT2D eigenvalue weighted by atomic mass is 9.87. The molecule has 0 aliphatic carbocycles. The van der Waals surface area contributed by atoms with Crippen molar-refractivity contribution in [1.29, 1.82) is 0 Å². The topological polar surface area (TPSA) is 120 Å². The van der Waals surface area contributed by atoms with Crippen LogP contribution in [0.5, 0.6) is 0 Å². The Morgan fingerprint density at radius 3 is 2.66 bits per heavy atom. The highest BCUT2D eigenvalue weighted by Gasteiger charge is 2.51. The molecule has 1 aliphatic heterocycles. The summed E-state index contributed by atoms with van der Waals surface area (Å²) in [6, 6.07) is 7.72. The lowest BCUT2D eigenvalue weighted by Crippen LogP contribution is -2.62. The van der Waals surface area contributed by atoms with Crippen LogP contribution in [0.15, 0.2) is 46.1 Å². The zero-order valence-electron chi connectivity index (χ0n) is 16.5. The van der Waals surface area contributed by atoms with E-state index in [1.54, 1.807) is 44.2 Å². The summed E-state index contributed by atoms with van der Waals surface area (Å²) in [6.07, 6.45) is -0.404. The van der Waals surface area contributed by atoms with E-state index in [1.165, 1.54) is 17.9 Å². The van der Waals surface area contributed by atoms with E-state index >= 15 is 0 Å². The van der Waals surface area contributed by atoms with E-state index in [2.05, 4.69) is 4.98 Å². The van der Waals surface area contributed by atoms with Crippen LogP contribution in [0.1, 0.15) is 28.9 Å². The molecule has 0 radical (unpaired) electrons. The summed E-state index contributed by atoms with van der Waals surface area (Å²) in [6.45, 7) is 2.77. The van der Waals surface area contributed by atoms with Gasteiger partial charge in [-0.2, -0.15) is 0 Å². The van der Waals surface area contributed by atoms with E-state index in [9.17, 15) is 19.5 Å². The van der Waals surface area contributed by atoms with E-state index in [1.807, 2.05) is 0 Å². The van der Waals surface area contributed by atoms with Crippen LogP contribution in [-0.4, -0.2) is 58.8 Å². The first-order valence-corrected chi connectivity index (χ1v) is 9.16. The number of aryl methyl sites for hydroxylation is 1. The molecule has 2 aromatic rings. The van der Waals surface area contributed by atoms with Gasteiger partial charge in [-0.3, -0.25) is 14.3 Å². The number of hydrogen-bond donors (Lipinski definition) is 2. The summed E-state index contributed by atoms with van der Waals surface area (Å²) < 4.78 is 18.4. The fourth-order valence-electron chi connectivity index (χ4n) is 3.44. The molecular weight excluding hydrogens is 380 g/mol. The Kier molecular flexibility index (Phi) is 6.02. The minimum absolute atomic E-state index is 0.0142. The largest absolute Gasteiger partial charge is 0.453 e. The minimum atomic E-state index is -1.23. The normalized spacial score (nSPS) is 26.8. The standard InChI is InChI=1S/C20H24N2O7/c1-12-9-22(19(26)21-17(12)24)14-10-28-20(2,11-23)16(15(14)27-3)29-18(25)13-7-5-4-6-8-13/h4-9,14-16,23H,10-11H2,1-3H3,(H,21,24,26). The molecule has 0 amide bonds. The number of methoxy groups -OCH3 is 1. The van der Waals surface area contributed by atoms with Crippen molar-refractivity contribution in [3.05, 3.63) is 68.5 Å². The third-order valence-corrected chi connectivity index (χ3v) is 5.20. The van der Waals surface area contributed by atoms with E-state index in [0.717, 1.165) is 0 Å². The number of benzene rings is 1. The molecule has 9 heteroatoms. The molecule has 1 fully saturated rings. The number of H-pyrrole nitrogens is 1. The van der Waals surface area contributed by atoms with Gasteiger partial charge in [-0.05, 0) is 26.0 Å². The highest BCUT2D eigenvalue weighted by Crippen LogP contribution is 2.35. The lowest BCUT2D eigenvalue weighted by molar-refractivity contribution is -0.227. The number of esters is 1. The molecule has 1 saturated heterocycles. The van der Waals surface area contributed by atoms with Gasteiger partial charge < -0.3 is 19.3 Å². The van der Waals surface area contributed by atoms with Crippen LogP contribution in [0.25, 0.3) is 0 Å². The number of carbonyl (C=O) groups is 1. The van der Waals surface area contributed by atoms with Crippen LogP contribution in [-0.2, 0) is 14.2 Å². The number of rotatable bonds is 5. The van der Waals surface area contributed by atoms with Gasteiger partial charge in [-0.25, -0.2) is 9.59 Å². The fourth-order valence-corrected chi connectivity index (χ4v) is 3.44. The zero-order chi connectivity index (χ0) is 21.2. The van der Waals surface area contributed by atoms with Gasteiger partial charge in [-0.15, -0.1) is 0 Å². The van der Waals surface area contributed by atoms with Crippen molar-refractivity contribution >= 4 is 5.97 Å². The summed E-state index contributed by atoms with van der Waals surface area (Å²) in [7, 11) is 1.42. The molecule has 9 nitrogen and oxygen atoms in total. The molecule has 0 bridgehead atoms. The molecule has 29 heavy (non-hydrogen) atoms. The molecule has 2 N–H and O–H groups in total. The summed E-state index contributed by atoms with van der Waals surface area (Å²) in [5, 5.41) is 9.92. The summed E-state index contributed by atoms with van der Waals surface area (Å²) >= 11 is 0. The average molecular weight is 404 g/mol. The van der Waals surface area contributed by atoms with Gasteiger partial charge in [0.05, 0.1) is 24.8 Å². The second kappa shape index (κ2) is 8.32. The van der Waals surface area contributed by atoms with E-state index < -0.39 is 47.7 Å². The Bertz CT molecular complexity index is 984. The predicted octanol–water partition coefficient (Wildman–Crippen LogP) is 0.408. The number of aromatic amines is 1. The monoisotopic (exact) mass is 404 g/mol. The van der Waals surface area contributed by atoms with Crippen molar-refractivity contribution in [2.75, 3.05) is 20.3 Å². The molecule has 3 rings (SSSR count). The van der Waals surface area contributed by atoms with Crippen LogP contribution in [0.3, 0.4) is 0 Å². The Balaban J connectivity index is 1.99. The molecule has 0 saturated carbocycles.